The summed E-state index contributed by atoms with van der Waals surface area (Å²) in [5, 5.41) is 5.51. The van der Waals surface area contributed by atoms with Crippen LogP contribution in [-0.2, 0) is 39.0 Å². The van der Waals surface area contributed by atoms with Gasteiger partial charge in [0, 0.05) is 0 Å². The van der Waals surface area contributed by atoms with Gasteiger partial charge in [0.2, 0.25) is 0 Å². The molecule has 0 nitrogen and oxygen atoms in total. The molecule has 0 unspecified atom stereocenters. The number of aryl methyl sites for hydroxylation is 2. The maximum atomic E-state index is 3.38. The maximum Gasteiger partial charge on any atom is 2.00 e. The van der Waals surface area contributed by atoms with Gasteiger partial charge in [0.15, 0.2) is 0 Å². The molecule has 230 valence electrons. The second-order valence-electron chi connectivity index (χ2n) is 10.6. The first-order chi connectivity index (χ1) is 20.2. The van der Waals surface area contributed by atoms with Gasteiger partial charge >= 0.3 is 26.2 Å². The van der Waals surface area contributed by atoms with Crippen LogP contribution in [0.25, 0.3) is 43.8 Å². The Labute approximate surface area is 298 Å². The van der Waals surface area contributed by atoms with Gasteiger partial charge in [-0.05, 0) is 24.0 Å². The van der Waals surface area contributed by atoms with Crippen LogP contribution in [0.15, 0.2) is 121 Å². The van der Waals surface area contributed by atoms with E-state index in [1.165, 1.54) is 93.5 Å². The standard InChI is InChI=1S/2C19H19.C3H6.2ClH.Zr/c2*1-2-3-8-15-13-17-11-7-12-18(19(17)14-15)16-9-5-4-6-10-16;1-3-2;;;/h2*4-7,9-14H,2-3,8H2,1H3;1-3H2;2*1H;/q2*-1;-2;;;+2/p-2. The molecule has 0 saturated carbocycles. The van der Waals surface area contributed by atoms with Crippen LogP contribution in [0.4, 0.5) is 0 Å². The Morgan fingerprint density at radius 2 is 0.886 bits per heavy atom. The van der Waals surface area contributed by atoms with Crippen LogP contribution in [0.2, 0.25) is 0 Å². The Kier molecular flexibility index (Phi) is 19.2. The van der Waals surface area contributed by atoms with E-state index < -0.39 is 0 Å². The largest absolute Gasteiger partial charge is 2.00 e. The van der Waals surface area contributed by atoms with Gasteiger partial charge in [-0.15, -0.1) is 69.1 Å². The molecule has 0 aliphatic heterocycles. The summed E-state index contributed by atoms with van der Waals surface area (Å²) in [4.78, 5) is 0. The predicted octanol–water partition coefficient (Wildman–Crippen LogP) is 6.19. The summed E-state index contributed by atoms with van der Waals surface area (Å²) in [7, 11) is 0. The van der Waals surface area contributed by atoms with Crippen LogP contribution in [-0.4, -0.2) is 0 Å². The first-order valence-electron chi connectivity index (χ1n) is 15.2. The predicted molar refractivity (Wildman–Crippen MR) is 183 cm³/mol. The van der Waals surface area contributed by atoms with Gasteiger partial charge in [-0.25, -0.2) is 0 Å². The fraction of sp³-hybridized carbons (Fsp3) is 0.220. The molecule has 0 atom stereocenters. The van der Waals surface area contributed by atoms with Crippen LogP contribution in [0.1, 0.15) is 57.1 Å². The molecule has 6 aromatic rings. The second kappa shape index (κ2) is 21.3. The third-order valence-corrected chi connectivity index (χ3v) is 7.43. The Morgan fingerprint density at radius 3 is 1.23 bits per heavy atom. The molecule has 0 fully saturated rings. The van der Waals surface area contributed by atoms with E-state index in [1.54, 1.807) is 0 Å². The van der Waals surface area contributed by atoms with Crippen molar-refractivity contribution in [1.29, 1.82) is 0 Å². The Bertz CT molecular complexity index is 1470. The van der Waals surface area contributed by atoms with E-state index in [2.05, 4.69) is 149 Å². The zero-order chi connectivity index (χ0) is 28.9. The molecule has 0 bridgehead atoms. The summed E-state index contributed by atoms with van der Waals surface area (Å²) in [5.74, 6) is 0. The van der Waals surface area contributed by atoms with Crippen LogP contribution in [0.3, 0.4) is 0 Å². The van der Waals surface area contributed by atoms with Crippen molar-refractivity contribution in [3.8, 4) is 22.3 Å². The Balaban J connectivity index is 0.000000380. The fourth-order valence-corrected chi connectivity index (χ4v) is 5.38. The first kappa shape index (κ1) is 39.6. The molecule has 6 rings (SSSR count). The van der Waals surface area contributed by atoms with Gasteiger partial charge in [0.25, 0.3) is 0 Å². The zero-order valence-electron chi connectivity index (χ0n) is 26.2. The summed E-state index contributed by atoms with van der Waals surface area (Å²) in [6.07, 6.45) is 8.20. The first-order valence-corrected chi connectivity index (χ1v) is 15.2. The number of unbranched alkanes of at least 4 members (excludes halogenated alkanes) is 2. The number of hydrogen-bond donors (Lipinski definition) is 0. The molecule has 3 heteroatoms. The molecule has 6 aromatic carbocycles. The average Bonchev–Trinajstić information content (AvgIpc) is 3.64. The van der Waals surface area contributed by atoms with Gasteiger partial charge in [-0.3, -0.25) is 0 Å². The molecular formula is C41H44Cl2Zr-4. The Hall–Kier alpha value is -2.44. The maximum absolute atomic E-state index is 3.38. The van der Waals surface area contributed by atoms with Gasteiger partial charge in [-0.1, -0.05) is 123 Å². The van der Waals surface area contributed by atoms with E-state index in [4.69, 9.17) is 0 Å². The molecule has 0 amide bonds. The number of halogens is 2. The van der Waals surface area contributed by atoms with Crippen molar-refractivity contribution < 1.29 is 51.0 Å². The molecule has 0 aliphatic rings. The van der Waals surface area contributed by atoms with Crippen molar-refractivity contribution in [3.05, 3.63) is 146 Å². The summed E-state index contributed by atoms with van der Waals surface area (Å²) in [5.41, 5.74) is 8.25. The van der Waals surface area contributed by atoms with Crippen molar-refractivity contribution in [1.82, 2.24) is 0 Å². The third kappa shape index (κ3) is 10.9. The minimum Gasteiger partial charge on any atom is -1.00 e. The smallest absolute Gasteiger partial charge is 1.00 e. The molecule has 0 spiro atoms. The van der Waals surface area contributed by atoms with Gasteiger partial charge in [0.05, 0.1) is 0 Å². The minimum atomic E-state index is 0. The van der Waals surface area contributed by atoms with Crippen molar-refractivity contribution in [3.63, 3.8) is 0 Å². The number of rotatable bonds is 8. The summed E-state index contributed by atoms with van der Waals surface area (Å²) >= 11 is 0. The molecule has 44 heavy (non-hydrogen) atoms. The molecule has 0 heterocycles. The van der Waals surface area contributed by atoms with Crippen LogP contribution >= 0.6 is 0 Å². The molecule has 0 N–H and O–H groups in total. The molecule has 0 aromatic heterocycles. The van der Waals surface area contributed by atoms with E-state index in [0.29, 0.717) is 0 Å². The quantitative estimate of drug-likeness (QED) is 0.167. The third-order valence-electron chi connectivity index (χ3n) is 7.43. The van der Waals surface area contributed by atoms with Gasteiger partial charge < -0.3 is 45.1 Å². The summed E-state index contributed by atoms with van der Waals surface area (Å²) in [6, 6.07) is 44.0. The van der Waals surface area contributed by atoms with E-state index in [0.717, 1.165) is 6.42 Å². The monoisotopic (exact) mass is 696 g/mol. The van der Waals surface area contributed by atoms with E-state index in [-0.39, 0.29) is 51.0 Å². The van der Waals surface area contributed by atoms with Crippen LogP contribution in [0, 0.1) is 13.8 Å². The Morgan fingerprint density at radius 1 is 0.523 bits per heavy atom. The zero-order valence-corrected chi connectivity index (χ0v) is 30.1. The minimum absolute atomic E-state index is 0. The van der Waals surface area contributed by atoms with Gasteiger partial charge in [0.1, 0.15) is 0 Å². The van der Waals surface area contributed by atoms with Crippen LogP contribution < -0.4 is 24.8 Å². The van der Waals surface area contributed by atoms with Gasteiger partial charge in [-0.2, -0.15) is 12.1 Å². The van der Waals surface area contributed by atoms with Crippen LogP contribution in [0.5, 0.6) is 0 Å². The van der Waals surface area contributed by atoms with Crippen molar-refractivity contribution in [2.45, 2.75) is 58.8 Å². The fourth-order valence-electron chi connectivity index (χ4n) is 5.38. The number of benzene rings is 4. The van der Waals surface area contributed by atoms with Crippen molar-refractivity contribution in [2.24, 2.45) is 0 Å². The SMILES string of the molecule is CCCCc1cc2c(-c3ccccc3)cccc2[cH-]1.CCCCc1cc2c(-c3ccccc3)cccc2[cH-]1.[CH2-]C[CH2-].[Cl-].[Cl-].[Zr+2]. The molecule has 0 radical (unpaired) electrons. The summed E-state index contributed by atoms with van der Waals surface area (Å²) in [6.45, 7) is 11.2. The van der Waals surface area contributed by atoms with E-state index in [9.17, 15) is 0 Å². The average molecular weight is 699 g/mol. The molecular weight excluding hydrogens is 655 g/mol. The number of hydrogen-bond acceptors (Lipinski definition) is 0. The molecule has 0 aliphatic carbocycles. The molecule has 0 saturated heterocycles. The second-order valence-corrected chi connectivity index (χ2v) is 10.6. The van der Waals surface area contributed by atoms with Crippen molar-refractivity contribution in [2.75, 3.05) is 0 Å². The van der Waals surface area contributed by atoms with E-state index in [1.807, 2.05) is 0 Å². The normalized spacial score (nSPS) is 9.91. The summed E-state index contributed by atoms with van der Waals surface area (Å²) < 4.78 is 0. The van der Waals surface area contributed by atoms with Crippen molar-refractivity contribution >= 4 is 21.5 Å². The topological polar surface area (TPSA) is 0 Å². The number of fused-ring (bicyclic) bond motifs is 2. The van der Waals surface area contributed by atoms with E-state index >= 15 is 0 Å².